The number of aromatic nitrogens is 4. The topological polar surface area (TPSA) is 111 Å². The summed E-state index contributed by atoms with van der Waals surface area (Å²) >= 11 is 5.97. The number of hydrogen-bond donors (Lipinski definition) is 1. The molecule has 3 aromatic rings. The van der Waals surface area contributed by atoms with E-state index in [2.05, 4.69) is 20.7 Å². The molecule has 2 amide bonds. The lowest BCUT2D eigenvalue weighted by molar-refractivity contribution is -0.142. The minimum Gasteiger partial charge on any atom is -0.454 e. The molecule has 10 nitrogen and oxygen atoms in total. The Morgan fingerprint density at radius 2 is 1.89 bits per heavy atom. The van der Waals surface area contributed by atoms with Crippen LogP contribution in [0.5, 0.6) is 11.5 Å². The molecule has 0 radical (unpaired) electrons. The van der Waals surface area contributed by atoms with Crippen molar-refractivity contribution in [3.8, 4) is 22.9 Å². The van der Waals surface area contributed by atoms with Gasteiger partial charge in [0.25, 0.3) is 0 Å². The number of fused-ring (bicyclic) bond motifs is 1. The van der Waals surface area contributed by atoms with Crippen molar-refractivity contribution in [2.24, 2.45) is 0 Å². The molecule has 1 aromatic heterocycles. The molecule has 1 atom stereocenters. The Morgan fingerprint density at radius 1 is 1.14 bits per heavy atom. The van der Waals surface area contributed by atoms with Crippen molar-refractivity contribution in [2.45, 2.75) is 64.2 Å². The van der Waals surface area contributed by atoms with Crippen LogP contribution < -0.4 is 14.8 Å². The van der Waals surface area contributed by atoms with Crippen molar-refractivity contribution in [1.82, 2.24) is 30.4 Å². The van der Waals surface area contributed by atoms with Gasteiger partial charge in [-0.05, 0) is 66.4 Å². The van der Waals surface area contributed by atoms with Crippen LogP contribution in [-0.4, -0.2) is 55.8 Å². The molecule has 37 heavy (non-hydrogen) atoms. The molecule has 0 saturated heterocycles. The van der Waals surface area contributed by atoms with E-state index in [4.69, 9.17) is 21.1 Å². The van der Waals surface area contributed by atoms with Gasteiger partial charge in [0.15, 0.2) is 11.5 Å². The summed E-state index contributed by atoms with van der Waals surface area (Å²) in [5.41, 5.74) is 1.57. The number of hydrogen-bond acceptors (Lipinski definition) is 7. The third-order valence-corrected chi connectivity index (χ3v) is 6.96. The van der Waals surface area contributed by atoms with E-state index in [0.29, 0.717) is 28.8 Å². The molecule has 5 rings (SSSR count). The second-order valence-corrected chi connectivity index (χ2v) is 9.71. The maximum Gasteiger partial charge on any atom is 0.247 e. The Balaban J connectivity index is 1.36. The molecule has 1 saturated carbocycles. The van der Waals surface area contributed by atoms with Crippen molar-refractivity contribution in [3.63, 3.8) is 0 Å². The fourth-order valence-corrected chi connectivity index (χ4v) is 4.89. The van der Waals surface area contributed by atoms with Gasteiger partial charge in [-0.25, -0.2) is 0 Å². The summed E-state index contributed by atoms with van der Waals surface area (Å²) in [6.07, 6.45) is 4.62. The molecule has 1 aliphatic carbocycles. The van der Waals surface area contributed by atoms with Crippen LogP contribution in [0.2, 0.25) is 5.02 Å². The van der Waals surface area contributed by atoms with Gasteiger partial charge in [-0.1, -0.05) is 37.4 Å². The molecule has 2 aromatic carbocycles. The number of carbonyl (C=O) groups is 2. The van der Waals surface area contributed by atoms with E-state index in [1.54, 1.807) is 29.2 Å². The lowest BCUT2D eigenvalue weighted by Gasteiger charge is -2.31. The monoisotopic (exact) mass is 524 g/mol. The summed E-state index contributed by atoms with van der Waals surface area (Å²) in [7, 11) is 0. The zero-order valence-electron chi connectivity index (χ0n) is 20.6. The van der Waals surface area contributed by atoms with E-state index in [9.17, 15) is 9.59 Å². The SMILES string of the molecule is CCC(C(=O)NC1CCCC1)N(Cc1ccc2c(c1)OCO2)C(=O)Cn1nnc(-c2ccc(Cl)cc2)n1. The van der Waals surface area contributed by atoms with E-state index in [1.165, 1.54) is 4.80 Å². The van der Waals surface area contributed by atoms with Crippen LogP contribution in [0.15, 0.2) is 42.5 Å². The summed E-state index contributed by atoms with van der Waals surface area (Å²) in [6, 6.07) is 12.1. The molecule has 194 valence electrons. The summed E-state index contributed by atoms with van der Waals surface area (Å²) in [5.74, 6) is 1.24. The van der Waals surface area contributed by atoms with Crippen molar-refractivity contribution < 1.29 is 19.1 Å². The number of nitrogens with zero attached hydrogens (tertiary/aromatic N) is 5. The van der Waals surface area contributed by atoms with Crippen LogP contribution in [0.3, 0.4) is 0 Å². The Labute approximate surface area is 219 Å². The van der Waals surface area contributed by atoms with Crippen molar-refractivity contribution >= 4 is 23.4 Å². The summed E-state index contributed by atoms with van der Waals surface area (Å²) in [6.45, 7) is 2.14. The maximum absolute atomic E-state index is 13.6. The standard InChI is InChI=1S/C26H29ClN6O4/c1-2-21(26(35)28-20-5-3-4-6-20)32(14-17-7-12-22-23(13-17)37-16-36-22)24(34)15-33-30-25(29-31-33)18-8-10-19(27)11-9-18/h7-13,20-21H,2-6,14-16H2,1H3,(H,28,35). The van der Waals surface area contributed by atoms with Crippen LogP contribution in [0.1, 0.15) is 44.6 Å². The summed E-state index contributed by atoms with van der Waals surface area (Å²) in [4.78, 5) is 29.8. The van der Waals surface area contributed by atoms with Gasteiger partial charge in [0.1, 0.15) is 12.6 Å². The number of benzene rings is 2. The molecule has 1 N–H and O–H groups in total. The first-order chi connectivity index (χ1) is 18.0. The number of rotatable bonds is 9. The quantitative estimate of drug-likeness (QED) is 0.455. The van der Waals surface area contributed by atoms with Gasteiger partial charge in [-0.2, -0.15) is 4.80 Å². The number of tetrazole rings is 1. The highest BCUT2D eigenvalue weighted by Gasteiger charge is 2.31. The first kappa shape index (κ1) is 25.0. The van der Waals surface area contributed by atoms with E-state index >= 15 is 0 Å². The average molecular weight is 525 g/mol. The Kier molecular flexibility index (Phi) is 7.55. The molecule has 11 heteroatoms. The number of nitrogens with one attached hydrogen (secondary N) is 1. The first-order valence-electron chi connectivity index (χ1n) is 12.5. The van der Waals surface area contributed by atoms with Crippen LogP contribution in [0.4, 0.5) is 0 Å². The van der Waals surface area contributed by atoms with Gasteiger partial charge >= 0.3 is 0 Å². The second-order valence-electron chi connectivity index (χ2n) is 9.27. The van der Waals surface area contributed by atoms with E-state index in [1.807, 2.05) is 25.1 Å². The highest BCUT2D eigenvalue weighted by molar-refractivity contribution is 6.30. The van der Waals surface area contributed by atoms with E-state index in [0.717, 1.165) is 36.8 Å². The van der Waals surface area contributed by atoms with Crippen LogP contribution in [0.25, 0.3) is 11.4 Å². The van der Waals surface area contributed by atoms with E-state index < -0.39 is 6.04 Å². The molecule has 0 bridgehead atoms. The zero-order valence-corrected chi connectivity index (χ0v) is 21.4. The van der Waals surface area contributed by atoms with Gasteiger partial charge in [0.2, 0.25) is 24.4 Å². The van der Waals surface area contributed by atoms with Crippen molar-refractivity contribution in [3.05, 3.63) is 53.1 Å². The highest BCUT2D eigenvalue weighted by Crippen LogP contribution is 2.33. The molecule has 1 aliphatic heterocycles. The van der Waals surface area contributed by atoms with E-state index in [-0.39, 0.29) is 37.7 Å². The van der Waals surface area contributed by atoms with Crippen LogP contribution in [-0.2, 0) is 22.7 Å². The fraction of sp³-hybridized carbons (Fsp3) is 0.423. The smallest absolute Gasteiger partial charge is 0.247 e. The highest BCUT2D eigenvalue weighted by atomic mass is 35.5. The minimum absolute atomic E-state index is 0.142. The van der Waals surface area contributed by atoms with Gasteiger partial charge in [-0.15, -0.1) is 10.2 Å². The van der Waals surface area contributed by atoms with Crippen LogP contribution >= 0.6 is 11.6 Å². The Bertz CT molecular complexity index is 1260. The van der Waals surface area contributed by atoms with Crippen molar-refractivity contribution in [1.29, 1.82) is 0 Å². The molecule has 1 unspecified atom stereocenters. The molecular formula is C26H29ClN6O4. The van der Waals surface area contributed by atoms with Crippen LogP contribution in [0, 0.1) is 0 Å². The third-order valence-electron chi connectivity index (χ3n) is 6.71. The summed E-state index contributed by atoms with van der Waals surface area (Å²) < 4.78 is 10.9. The second kappa shape index (κ2) is 11.2. The molecule has 1 fully saturated rings. The maximum atomic E-state index is 13.6. The Hall–Kier alpha value is -3.66. The lowest BCUT2D eigenvalue weighted by atomic mass is 10.1. The van der Waals surface area contributed by atoms with Gasteiger partial charge in [0.05, 0.1) is 0 Å². The molecule has 2 aliphatic rings. The first-order valence-corrected chi connectivity index (χ1v) is 12.9. The normalized spacial score (nSPS) is 15.5. The molecule has 0 spiro atoms. The fourth-order valence-electron chi connectivity index (χ4n) is 4.76. The lowest BCUT2D eigenvalue weighted by Crippen LogP contribution is -2.51. The predicted octanol–water partition coefficient (Wildman–Crippen LogP) is 3.59. The molecular weight excluding hydrogens is 496 g/mol. The number of ether oxygens (including phenoxy) is 2. The summed E-state index contributed by atoms with van der Waals surface area (Å²) in [5, 5.41) is 16.3. The van der Waals surface area contributed by atoms with Gasteiger partial charge in [0, 0.05) is 23.2 Å². The van der Waals surface area contributed by atoms with Crippen molar-refractivity contribution in [2.75, 3.05) is 6.79 Å². The third kappa shape index (κ3) is 5.85. The zero-order chi connectivity index (χ0) is 25.8. The predicted molar refractivity (Wildman–Crippen MR) is 136 cm³/mol. The minimum atomic E-state index is -0.641. The van der Waals surface area contributed by atoms with Gasteiger partial charge in [-0.3, -0.25) is 9.59 Å². The van der Waals surface area contributed by atoms with Gasteiger partial charge < -0.3 is 19.7 Å². The molecule has 2 heterocycles. The Morgan fingerprint density at radius 3 is 2.65 bits per heavy atom. The number of carbonyl (C=O) groups excluding carboxylic acids is 2. The number of amides is 2. The largest absolute Gasteiger partial charge is 0.454 e. The number of halogens is 1. The average Bonchev–Trinajstić information content (AvgIpc) is 3.66.